The van der Waals surface area contributed by atoms with Crippen LogP contribution in [0.4, 0.5) is 10.1 Å². The quantitative estimate of drug-likeness (QED) is 0.749. The summed E-state index contributed by atoms with van der Waals surface area (Å²) in [7, 11) is 0. The Balaban J connectivity index is 1.79. The van der Waals surface area contributed by atoms with Gasteiger partial charge in [0.1, 0.15) is 5.82 Å². The summed E-state index contributed by atoms with van der Waals surface area (Å²) in [6.45, 7) is 2.60. The van der Waals surface area contributed by atoms with E-state index in [1.165, 1.54) is 6.07 Å². The van der Waals surface area contributed by atoms with Crippen LogP contribution in [-0.2, 0) is 4.84 Å². The van der Waals surface area contributed by atoms with Gasteiger partial charge in [-0.15, -0.1) is 0 Å². The third-order valence-corrected chi connectivity index (χ3v) is 3.15. The van der Waals surface area contributed by atoms with Crippen molar-refractivity contribution in [2.75, 3.05) is 24.6 Å². The summed E-state index contributed by atoms with van der Waals surface area (Å²) >= 11 is 0. The van der Waals surface area contributed by atoms with Crippen LogP contribution in [0.3, 0.4) is 0 Å². The monoisotopic (exact) mass is 208 g/mol. The topological polar surface area (TPSA) is 24.5 Å². The van der Waals surface area contributed by atoms with Gasteiger partial charge in [-0.1, -0.05) is 6.07 Å². The molecule has 2 heterocycles. The molecular weight excluding hydrogens is 195 g/mol. The van der Waals surface area contributed by atoms with Crippen molar-refractivity contribution in [2.24, 2.45) is 5.92 Å². The lowest BCUT2D eigenvalue weighted by Gasteiger charge is -2.19. The molecule has 1 N–H and O–H groups in total. The second kappa shape index (κ2) is 3.47. The Labute approximate surface area is 87.8 Å². The molecule has 3 rings (SSSR count). The molecule has 2 unspecified atom stereocenters. The lowest BCUT2D eigenvalue weighted by atomic mass is 10.1. The highest BCUT2D eigenvalue weighted by Crippen LogP contribution is 2.27. The van der Waals surface area contributed by atoms with Crippen LogP contribution in [0.15, 0.2) is 24.3 Å². The Morgan fingerprint density at radius 1 is 1.40 bits per heavy atom. The van der Waals surface area contributed by atoms with Crippen molar-refractivity contribution in [3.05, 3.63) is 30.1 Å². The number of hydroxylamine groups is 1. The minimum absolute atomic E-state index is 0.172. The highest BCUT2D eigenvalue weighted by Gasteiger charge is 2.37. The van der Waals surface area contributed by atoms with Gasteiger partial charge in [-0.05, 0) is 18.2 Å². The Bertz CT molecular complexity index is 359. The fourth-order valence-corrected chi connectivity index (χ4v) is 2.32. The van der Waals surface area contributed by atoms with Crippen molar-refractivity contribution in [3.8, 4) is 0 Å². The van der Waals surface area contributed by atoms with Crippen molar-refractivity contribution >= 4 is 5.69 Å². The van der Waals surface area contributed by atoms with E-state index in [2.05, 4.69) is 10.4 Å². The second-order valence-electron chi connectivity index (χ2n) is 4.18. The molecule has 2 saturated heterocycles. The van der Waals surface area contributed by atoms with E-state index in [0.717, 1.165) is 25.4 Å². The van der Waals surface area contributed by atoms with E-state index < -0.39 is 0 Å². The summed E-state index contributed by atoms with van der Waals surface area (Å²) in [5.74, 6) is 0.363. The largest absolute Gasteiger partial charge is 0.369 e. The highest BCUT2D eigenvalue weighted by molar-refractivity contribution is 5.48. The van der Waals surface area contributed by atoms with Crippen molar-refractivity contribution in [3.63, 3.8) is 0 Å². The van der Waals surface area contributed by atoms with Crippen LogP contribution < -0.4 is 10.4 Å². The Kier molecular flexibility index (Phi) is 2.11. The number of rotatable bonds is 1. The standard InChI is InChI=1S/C11H13FN2O/c12-9-2-1-3-10(4-9)14-5-8-7-15-13-11(8)6-14/h1-4,8,11,13H,5-7H2. The molecule has 0 saturated carbocycles. The zero-order valence-electron chi connectivity index (χ0n) is 8.32. The van der Waals surface area contributed by atoms with E-state index in [1.54, 1.807) is 12.1 Å². The van der Waals surface area contributed by atoms with E-state index in [9.17, 15) is 4.39 Å². The minimum atomic E-state index is -0.172. The first-order valence-electron chi connectivity index (χ1n) is 5.21. The maximum atomic E-state index is 13.0. The molecule has 0 aliphatic carbocycles. The average molecular weight is 208 g/mol. The third-order valence-electron chi connectivity index (χ3n) is 3.15. The molecule has 0 radical (unpaired) electrons. The van der Waals surface area contributed by atoms with Gasteiger partial charge in [0.05, 0.1) is 12.6 Å². The molecule has 0 bridgehead atoms. The molecule has 15 heavy (non-hydrogen) atoms. The molecule has 3 nitrogen and oxygen atoms in total. The number of benzene rings is 1. The van der Waals surface area contributed by atoms with Gasteiger partial charge in [0.2, 0.25) is 0 Å². The summed E-state index contributed by atoms with van der Waals surface area (Å²) in [5, 5.41) is 0. The van der Waals surface area contributed by atoms with E-state index in [1.807, 2.05) is 6.07 Å². The van der Waals surface area contributed by atoms with Gasteiger partial charge >= 0.3 is 0 Å². The van der Waals surface area contributed by atoms with Gasteiger partial charge in [0.15, 0.2) is 0 Å². The van der Waals surface area contributed by atoms with Crippen LogP contribution in [0.1, 0.15) is 0 Å². The number of nitrogens with one attached hydrogen (secondary N) is 1. The Hall–Kier alpha value is -1.13. The minimum Gasteiger partial charge on any atom is -0.369 e. The number of hydrogen-bond acceptors (Lipinski definition) is 3. The van der Waals surface area contributed by atoms with Crippen LogP contribution in [0, 0.1) is 11.7 Å². The van der Waals surface area contributed by atoms with Gasteiger partial charge < -0.3 is 9.74 Å². The second-order valence-corrected chi connectivity index (χ2v) is 4.18. The number of anilines is 1. The lowest BCUT2D eigenvalue weighted by molar-refractivity contribution is 0.0846. The summed E-state index contributed by atoms with van der Waals surface area (Å²) in [5.41, 5.74) is 3.96. The molecule has 0 aromatic heterocycles. The zero-order valence-corrected chi connectivity index (χ0v) is 8.32. The smallest absolute Gasteiger partial charge is 0.125 e. The van der Waals surface area contributed by atoms with Crippen molar-refractivity contribution in [1.82, 2.24) is 5.48 Å². The summed E-state index contributed by atoms with van der Waals surface area (Å²) < 4.78 is 13.0. The lowest BCUT2D eigenvalue weighted by Crippen LogP contribution is -2.29. The Morgan fingerprint density at radius 3 is 3.13 bits per heavy atom. The first-order chi connectivity index (χ1) is 7.33. The van der Waals surface area contributed by atoms with Crippen LogP contribution in [0.5, 0.6) is 0 Å². The third kappa shape index (κ3) is 1.60. The molecule has 1 aromatic rings. The Morgan fingerprint density at radius 2 is 2.33 bits per heavy atom. The summed E-state index contributed by atoms with van der Waals surface area (Å²) in [6, 6.07) is 7.16. The molecule has 2 atom stereocenters. The van der Waals surface area contributed by atoms with Gasteiger partial charge in [0, 0.05) is 24.7 Å². The predicted octanol–water partition coefficient (Wildman–Crippen LogP) is 1.17. The zero-order chi connectivity index (χ0) is 10.3. The molecule has 4 heteroatoms. The molecule has 2 fully saturated rings. The van der Waals surface area contributed by atoms with Gasteiger partial charge in [-0.25, -0.2) is 4.39 Å². The van der Waals surface area contributed by atoms with Crippen LogP contribution in [-0.4, -0.2) is 25.7 Å². The van der Waals surface area contributed by atoms with Crippen LogP contribution in [0.25, 0.3) is 0 Å². The van der Waals surface area contributed by atoms with Crippen molar-refractivity contribution < 1.29 is 9.23 Å². The van der Waals surface area contributed by atoms with Crippen molar-refractivity contribution in [1.29, 1.82) is 0 Å². The summed E-state index contributed by atoms with van der Waals surface area (Å²) in [4.78, 5) is 7.37. The number of halogens is 1. The van der Waals surface area contributed by atoms with Crippen LogP contribution in [0.2, 0.25) is 0 Å². The molecule has 2 aliphatic rings. The number of hydrogen-bond donors (Lipinski definition) is 1. The summed E-state index contributed by atoms with van der Waals surface area (Å²) in [6.07, 6.45) is 0. The van der Waals surface area contributed by atoms with E-state index in [4.69, 9.17) is 4.84 Å². The van der Waals surface area contributed by atoms with Gasteiger partial charge in [-0.2, -0.15) is 5.48 Å². The molecule has 2 aliphatic heterocycles. The fraction of sp³-hybridized carbons (Fsp3) is 0.455. The van der Waals surface area contributed by atoms with E-state index in [-0.39, 0.29) is 5.82 Å². The molecule has 0 amide bonds. The van der Waals surface area contributed by atoms with E-state index >= 15 is 0 Å². The average Bonchev–Trinajstić information content (AvgIpc) is 2.76. The maximum absolute atomic E-state index is 13.0. The van der Waals surface area contributed by atoms with Gasteiger partial charge in [-0.3, -0.25) is 0 Å². The SMILES string of the molecule is Fc1cccc(N2CC3CONC3C2)c1. The fourth-order valence-electron chi connectivity index (χ4n) is 2.32. The predicted molar refractivity (Wildman–Crippen MR) is 55.0 cm³/mol. The molecule has 0 spiro atoms. The van der Waals surface area contributed by atoms with Crippen molar-refractivity contribution in [2.45, 2.75) is 6.04 Å². The highest BCUT2D eigenvalue weighted by atomic mass is 19.1. The van der Waals surface area contributed by atoms with Gasteiger partial charge in [0.25, 0.3) is 0 Å². The first kappa shape index (κ1) is 9.12. The number of fused-ring (bicyclic) bond motifs is 1. The molecular formula is C11H13FN2O. The molecule has 80 valence electrons. The first-order valence-corrected chi connectivity index (χ1v) is 5.21. The molecule has 1 aromatic carbocycles. The number of nitrogens with zero attached hydrogens (tertiary/aromatic N) is 1. The van der Waals surface area contributed by atoms with Crippen LogP contribution >= 0.6 is 0 Å². The van der Waals surface area contributed by atoms with E-state index in [0.29, 0.717) is 12.0 Å². The normalized spacial score (nSPS) is 29.5. The maximum Gasteiger partial charge on any atom is 0.125 e.